The first-order chi connectivity index (χ1) is 10.3. The number of hydrogen-bond donors (Lipinski definition) is 1. The minimum Gasteiger partial charge on any atom is -0.326 e. The quantitative estimate of drug-likeness (QED) is 0.850. The maximum atomic E-state index is 6.91. The molecule has 4 atom stereocenters. The lowest BCUT2D eigenvalue weighted by atomic mass is 9.76. The molecular formula is C19H34N2. The third-order valence-corrected chi connectivity index (χ3v) is 7.59. The van der Waals surface area contributed by atoms with Gasteiger partial charge in [0.05, 0.1) is 0 Å². The van der Waals surface area contributed by atoms with E-state index in [2.05, 4.69) is 4.90 Å². The molecule has 0 radical (unpaired) electrons. The summed E-state index contributed by atoms with van der Waals surface area (Å²) in [6.07, 6.45) is 17.3. The van der Waals surface area contributed by atoms with Gasteiger partial charge in [-0.1, -0.05) is 25.7 Å². The lowest BCUT2D eigenvalue weighted by molar-refractivity contribution is 0.0380. The van der Waals surface area contributed by atoms with Crippen LogP contribution in [0.15, 0.2) is 0 Å². The Morgan fingerprint density at radius 1 is 0.952 bits per heavy atom. The molecule has 1 heterocycles. The van der Waals surface area contributed by atoms with Gasteiger partial charge in [-0.3, -0.25) is 4.90 Å². The summed E-state index contributed by atoms with van der Waals surface area (Å²) in [5.41, 5.74) is 7.31. The van der Waals surface area contributed by atoms with Crippen LogP contribution in [0.5, 0.6) is 0 Å². The van der Waals surface area contributed by atoms with Crippen LogP contribution in [0.1, 0.15) is 77.0 Å². The number of hydrogen-bond acceptors (Lipinski definition) is 2. The van der Waals surface area contributed by atoms with Gasteiger partial charge in [-0.2, -0.15) is 0 Å². The fourth-order valence-electron chi connectivity index (χ4n) is 6.46. The van der Waals surface area contributed by atoms with Gasteiger partial charge in [0, 0.05) is 11.6 Å². The fourth-order valence-corrected chi connectivity index (χ4v) is 6.46. The average Bonchev–Trinajstić information content (AvgIpc) is 3.25. The molecule has 1 aliphatic heterocycles. The maximum Gasteiger partial charge on any atom is 0.0360 e. The molecule has 3 saturated carbocycles. The van der Waals surface area contributed by atoms with Crippen molar-refractivity contribution in [3.05, 3.63) is 0 Å². The molecule has 120 valence electrons. The van der Waals surface area contributed by atoms with Gasteiger partial charge >= 0.3 is 0 Å². The molecule has 0 aromatic heterocycles. The van der Waals surface area contributed by atoms with Crippen LogP contribution in [0.2, 0.25) is 0 Å². The monoisotopic (exact) mass is 290 g/mol. The fraction of sp³-hybridized carbons (Fsp3) is 1.00. The zero-order valence-corrected chi connectivity index (χ0v) is 13.7. The number of fused-ring (bicyclic) bond motifs is 2. The lowest BCUT2D eigenvalue weighted by Crippen LogP contribution is -2.60. The van der Waals surface area contributed by atoms with Crippen LogP contribution in [0, 0.1) is 17.8 Å². The topological polar surface area (TPSA) is 29.3 Å². The van der Waals surface area contributed by atoms with Gasteiger partial charge in [0.25, 0.3) is 0 Å². The third kappa shape index (κ3) is 2.57. The minimum atomic E-state index is 0.391. The number of nitrogens with zero attached hydrogens (tertiary/aromatic N) is 1. The zero-order valence-electron chi connectivity index (χ0n) is 13.7. The summed E-state index contributed by atoms with van der Waals surface area (Å²) in [7, 11) is 0. The van der Waals surface area contributed by atoms with Crippen molar-refractivity contribution in [2.45, 2.75) is 88.6 Å². The largest absolute Gasteiger partial charge is 0.326 e. The SMILES string of the molecule is NC(CC1CC2CCC1C2)C1(N2CCCCC2)CCCC1. The van der Waals surface area contributed by atoms with E-state index >= 15 is 0 Å². The Bertz CT molecular complexity index is 355. The van der Waals surface area contributed by atoms with Crippen LogP contribution in [-0.4, -0.2) is 29.6 Å². The van der Waals surface area contributed by atoms with Crippen molar-refractivity contribution < 1.29 is 0 Å². The van der Waals surface area contributed by atoms with E-state index < -0.39 is 0 Å². The number of rotatable bonds is 4. The van der Waals surface area contributed by atoms with Crippen molar-refractivity contribution in [1.82, 2.24) is 4.90 Å². The van der Waals surface area contributed by atoms with Crippen LogP contribution in [0.4, 0.5) is 0 Å². The summed E-state index contributed by atoms with van der Waals surface area (Å²) >= 11 is 0. The molecule has 1 saturated heterocycles. The average molecular weight is 290 g/mol. The second-order valence-corrected chi connectivity index (χ2v) is 8.64. The summed E-state index contributed by atoms with van der Waals surface area (Å²) in [5.74, 6) is 3.09. The Morgan fingerprint density at radius 2 is 1.71 bits per heavy atom. The molecule has 4 aliphatic rings. The summed E-state index contributed by atoms with van der Waals surface area (Å²) in [4.78, 5) is 2.83. The summed E-state index contributed by atoms with van der Waals surface area (Å²) in [6.45, 7) is 2.65. The Hall–Kier alpha value is -0.0800. The molecule has 4 fully saturated rings. The predicted octanol–water partition coefficient (Wildman–Crippen LogP) is 3.94. The van der Waals surface area contributed by atoms with Gasteiger partial charge < -0.3 is 5.73 Å². The first kappa shape index (κ1) is 14.5. The van der Waals surface area contributed by atoms with E-state index in [1.165, 1.54) is 90.1 Å². The zero-order chi connectivity index (χ0) is 14.3. The van der Waals surface area contributed by atoms with Crippen molar-refractivity contribution in [1.29, 1.82) is 0 Å². The molecule has 2 N–H and O–H groups in total. The van der Waals surface area contributed by atoms with Crippen LogP contribution in [0.3, 0.4) is 0 Å². The Kier molecular flexibility index (Phi) is 4.04. The van der Waals surface area contributed by atoms with E-state index in [-0.39, 0.29) is 0 Å². The van der Waals surface area contributed by atoms with Gasteiger partial charge in [0.15, 0.2) is 0 Å². The molecular weight excluding hydrogens is 256 g/mol. The molecule has 21 heavy (non-hydrogen) atoms. The van der Waals surface area contributed by atoms with Crippen molar-refractivity contribution in [2.75, 3.05) is 13.1 Å². The van der Waals surface area contributed by atoms with E-state index in [4.69, 9.17) is 5.73 Å². The molecule has 4 unspecified atom stereocenters. The highest BCUT2D eigenvalue weighted by Crippen LogP contribution is 2.51. The van der Waals surface area contributed by atoms with Crippen molar-refractivity contribution in [3.8, 4) is 0 Å². The van der Waals surface area contributed by atoms with E-state index in [1.807, 2.05) is 0 Å². The highest BCUT2D eigenvalue weighted by Gasteiger charge is 2.47. The van der Waals surface area contributed by atoms with E-state index in [0.29, 0.717) is 11.6 Å². The smallest absolute Gasteiger partial charge is 0.0360 e. The number of likely N-dealkylation sites (tertiary alicyclic amines) is 1. The molecule has 2 heteroatoms. The second-order valence-electron chi connectivity index (χ2n) is 8.64. The summed E-state index contributed by atoms with van der Waals surface area (Å²) in [6, 6.07) is 0.447. The molecule has 0 aromatic rings. The minimum absolute atomic E-state index is 0.391. The Morgan fingerprint density at radius 3 is 2.33 bits per heavy atom. The summed E-state index contributed by atoms with van der Waals surface area (Å²) in [5, 5.41) is 0. The molecule has 2 bridgehead atoms. The first-order valence-corrected chi connectivity index (χ1v) is 9.78. The van der Waals surface area contributed by atoms with E-state index in [1.54, 1.807) is 0 Å². The van der Waals surface area contributed by atoms with Gasteiger partial charge in [0.2, 0.25) is 0 Å². The molecule has 3 aliphatic carbocycles. The molecule has 0 spiro atoms. The van der Waals surface area contributed by atoms with Crippen LogP contribution in [0.25, 0.3) is 0 Å². The Balaban J connectivity index is 1.45. The van der Waals surface area contributed by atoms with Crippen molar-refractivity contribution in [3.63, 3.8) is 0 Å². The Labute approximate surface area is 130 Å². The van der Waals surface area contributed by atoms with Crippen LogP contribution < -0.4 is 5.73 Å². The van der Waals surface area contributed by atoms with E-state index in [0.717, 1.165) is 17.8 Å². The number of piperidine rings is 1. The van der Waals surface area contributed by atoms with Crippen molar-refractivity contribution in [2.24, 2.45) is 23.5 Å². The van der Waals surface area contributed by atoms with Crippen LogP contribution in [-0.2, 0) is 0 Å². The number of nitrogens with two attached hydrogens (primary N) is 1. The first-order valence-electron chi connectivity index (χ1n) is 9.78. The second kappa shape index (κ2) is 5.85. The van der Waals surface area contributed by atoms with Gasteiger partial charge in [-0.15, -0.1) is 0 Å². The normalized spacial score (nSPS) is 40.7. The third-order valence-electron chi connectivity index (χ3n) is 7.59. The predicted molar refractivity (Wildman–Crippen MR) is 88.2 cm³/mol. The van der Waals surface area contributed by atoms with Crippen molar-refractivity contribution >= 4 is 0 Å². The van der Waals surface area contributed by atoms with Gasteiger partial charge in [0.1, 0.15) is 0 Å². The maximum absolute atomic E-state index is 6.91. The highest BCUT2D eigenvalue weighted by molar-refractivity contribution is 5.05. The molecule has 0 aromatic carbocycles. The van der Waals surface area contributed by atoms with E-state index in [9.17, 15) is 0 Å². The highest BCUT2D eigenvalue weighted by atomic mass is 15.2. The lowest BCUT2D eigenvalue weighted by Gasteiger charge is -2.48. The van der Waals surface area contributed by atoms with Gasteiger partial charge in [-0.05, 0) is 82.2 Å². The summed E-state index contributed by atoms with van der Waals surface area (Å²) < 4.78 is 0. The molecule has 4 rings (SSSR count). The standard InChI is InChI=1S/C19H34N2/c20-18(14-17-13-15-6-7-16(17)12-15)19(8-2-3-9-19)21-10-4-1-5-11-21/h15-18H,1-14,20H2. The van der Waals surface area contributed by atoms with Gasteiger partial charge in [-0.25, -0.2) is 0 Å². The van der Waals surface area contributed by atoms with Crippen LogP contribution >= 0.6 is 0 Å². The molecule has 2 nitrogen and oxygen atoms in total. The molecule has 0 amide bonds.